The lowest BCUT2D eigenvalue weighted by molar-refractivity contribution is -0.141. The average Bonchev–Trinajstić information content (AvgIpc) is 2.40. The minimum Gasteiger partial charge on any atom is -0.478 e. The first-order valence-electron chi connectivity index (χ1n) is 7.16. The predicted octanol–water partition coefficient (Wildman–Crippen LogP) is 4.13. The van der Waals surface area contributed by atoms with Crippen LogP contribution in [-0.2, 0) is 6.18 Å². The van der Waals surface area contributed by atoms with Crippen LogP contribution >= 0.6 is 0 Å². The van der Waals surface area contributed by atoms with E-state index < -0.39 is 11.9 Å². The van der Waals surface area contributed by atoms with Crippen molar-refractivity contribution in [3.8, 4) is 5.88 Å². The van der Waals surface area contributed by atoms with Crippen LogP contribution in [0, 0.1) is 5.92 Å². The third kappa shape index (κ3) is 6.64. The Bertz CT molecular complexity index is 436. The summed E-state index contributed by atoms with van der Waals surface area (Å²) in [5, 5.41) is 2.75. The molecule has 0 saturated heterocycles. The number of hydrogen-bond donors (Lipinski definition) is 1. The molecule has 4 nitrogen and oxygen atoms in total. The van der Waals surface area contributed by atoms with E-state index in [1.165, 1.54) is 0 Å². The number of nitrogens with one attached hydrogen (secondary N) is 1. The fourth-order valence-electron chi connectivity index (χ4n) is 1.63. The molecule has 7 heteroatoms. The topological polar surface area (TPSA) is 47.0 Å². The predicted molar refractivity (Wildman–Crippen MR) is 75.4 cm³/mol. The van der Waals surface area contributed by atoms with Gasteiger partial charge in [-0.15, -0.1) is 0 Å². The Morgan fingerprint density at radius 3 is 2.57 bits per heavy atom. The van der Waals surface area contributed by atoms with Crippen LogP contribution in [0.2, 0.25) is 0 Å². The fourth-order valence-corrected chi connectivity index (χ4v) is 1.63. The first kappa shape index (κ1) is 17.5. The number of anilines is 1. The van der Waals surface area contributed by atoms with Crippen LogP contribution in [0.5, 0.6) is 5.88 Å². The lowest BCUT2D eigenvalue weighted by Crippen LogP contribution is -2.14. The molecule has 1 rings (SSSR count). The van der Waals surface area contributed by atoms with Gasteiger partial charge in [-0.2, -0.15) is 18.2 Å². The molecule has 0 spiro atoms. The van der Waals surface area contributed by atoms with Crippen LogP contribution in [0.3, 0.4) is 0 Å². The summed E-state index contributed by atoms with van der Waals surface area (Å²) in [7, 11) is 0. The standard InChI is InChI=1S/C14H22F3N3O/c1-4-7-18-13-19-11(14(15,16)17)9-12(20-13)21-8-5-6-10(2)3/h9-10H,4-8H2,1-3H3,(H,18,19,20). The van der Waals surface area contributed by atoms with E-state index in [9.17, 15) is 13.2 Å². The normalized spacial score (nSPS) is 11.8. The van der Waals surface area contributed by atoms with E-state index in [0.717, 1.165) is 25.3 Å². The molecule has 0 fully saturated rings. The van der Waals surface area contributed by atoms with Gasteiger partial charge >= 0.3 is 6.18 Å². The van der Waals surface area contributed by atoms with Gasteiger partial charge in [0, 0.05) is 12.6 Å². The van der Waals surface area contributed by atoms with Crippen molar-refractivity contribution in [2.75, 3.05) is 18.5 Å². The number of halogens is 3. The Hall–Kier alpha value is -1.53. The van der Waals surface area contributed by atoms with Gasteiger partial charge in [0.1, 0.15) is 0 Å². The van der Waals surface area contributed by atoms with E-state index in [1.54, 1.807) is 0 Å². The van der Waals surface area contributed by atoms with E-state index in [2.05, 4.69) is 29.1 Å². The van der Waals surface area contributed by atoms with E-state index in [4.69, 9.17) is 4.74 Å². The number of nitrogens with zero attached hydrogens (tertiary/aromatic N) is 2. The molecule has 21 heavy (non-hydrogen) atoms. The number of ether oxygens (including phenoxy) is 1. The molecule has 0 aliphatic rings. The van der Waals surface area contributed by atoms with Crippen molar-refractivity contribution in [2.24, 2.45) is 5.92 Å². The third-order valence-electron chi connectivity index (χ3n) is 2.70. The van der Waals surface area contributed by atoms with Gasteiger partial charge in [-0.25, -0.2) is 4.98 Å². The molecule has 1 aromatic rings. The van der Waals surface area contributed by atoms with Crippen LogP contribution in [-0.4, -0.2) is 23.1 Å². The fraction of sp³-hybridized carbons (Fsp3) is 0.714. The molecule has 0 aliphatic carbocycles. The minimum absolute atomic E-state index is 0.0420. The molecule has 0 atom stereocenters. The van der Waals surface area contributed by atoms with Gasteiger partial charge < -0.3 is 10.1 Å². The van der Waals surface area contributed by atoms with Crippen LogP contribution in [0.25, 0.3) is 0 Å². The Balaban J connectivity index is 2.76. The second kappa shape index (κ2) is 8.05. The van der Waals surface area contributed by atoms with Gasteiger partial charge in [0.2, 0.25) is 11.8 Å². The largest absolute Gasteiger partial charge is 0.478 e. The Labute approximate surface area is 123 Å². The zero-order chi connectivity index (χ0) is 15.9. The number of rotatable bonds is 8. The van der Waals surface area contributed by atoms with Crippen molar-refractivity contribution >= 4 is 5.95 Å². The smallest absolute Gasteiger partial charge is 0.433 e. The highest BCUT2D eigenvalue weighted by Gasteiger charge is 2.34. The summed E-state index contributed by atoms with van der Waals surface area (Å²) in [5.74, 6) is 0.441. The molecular formula is C14H22F3N3O. The van der Waals surface area contributed by atoms with Crippen LogP contribution in [0.15, 0.2) is 6.07 Å². The van der Waals surface area contributed by atoms with Crippen LogP contribution in [0.1, 0.15) is 45.7 Å². The minimum atomic E-state index is -4.51. The van der Waals surface area contributed by atoms with Crippen molar-refractivity contribution in [1.82, 2.24) is 9.97 Å². The zero-order valence-corrected chi connectivity index (χ0v) is 12.6. The third-order valence-corrected chi connectivity index (χ3v) is 2.70. The molecule has 0 unspecified atom stereocenters. The second-order valence-electron chi connectivity index (χ2n) is 5.22. The van der Waals surface area contributed by atoms with Gasteiger partial charge in [-0.05, 0) is 25.2 Å². The Morgan fingerprint density at radius 2 is 2.00 bits per heavy atom. The molecule has 0 aliphatic heterocycles. The van der Waals surface area contributed by atoms with Crippen LogP contribution < -0.4 is 10.1 Å². The lowest BCUT2D eigenvalue weighted by Gasteiger charge is -2.12. The average molecular weight is 305 g/mol. The molecule has 120 valence electrons. The molecular weight excluding hydrogens is 283 g/mol. The zero-order valence-electron chi connectivity index (χ0n) is 12.6. The highest BCUT2D eigenvalue weighted by atomic mass is 19.4. The maximum Gasteiger partial charge on any atom is 0.433 e. The summed E-state index contributed by atoms with van der Waals surface area (Å²) in [6.07, 6.45) is -2.01. The number of hydrogen-bond acceptors (Lipinski definition) is 4. The quantitative estimate of drug-likeness (QED) is 0.734. The Kier molecular flexibility index (Phi) is 6.71. The molecule has 0 bridgehead atoms. The summed E-state index contributed by atoms with van der Waals surface area (Å²) in [4.78, 5) is 7.43. The van der Waals surface area contributed by atoms with Gasteiger partial charge in [-0.3, -0.25) is 0 Å². The van der Waals surface area contributed by atoms with E-state index >= 15 is 0 Å². The molecule has 0 saturated carbocycles. The number of aromatic nitrogens is 2. The Morgan fingerprint density at radius 1 is 1.29 bits per heavy atom. The van der Waals surface area contributed by atoms with Crippen molar-refractivity contribution in [3.63, 3.8) is 0 Å². The molecule has 1 aromatic heterocycles. The van der Waals surface area contributed by atoms with E-state index in [-0.39, 0.29) is 11.8 Å². The summed E-state index contributed by atoms with van der Waals surface area (Å²) < 4.78 is 43.7. The van der Waals surface area contributed by atoms with E-state index in [0.29, 0.717) is 19.1 Å². The van der Waals surface area contributed by atoms with Crippen LogP contribution in [0.4, 0.5) is 19.1 Å². The highest BCUT2D eigenvalue weighted by molar-refractivity contribution is 5.31. The van der Waals surface area contributed by atoms with Crippen molar-refractivity contribution < 1.29 is 17.9 Å². The molecule has 1 heterocycles. The first-order valence-corrected chi connectivity index (χ1v) is 7.16. The second-order valence-corrected chi connectivity index (χ2v) is 5.22. The summed E-state index contributed by atoms with van der Waals surface area (Å²) >= 11 is 0. The molecule has 1 N–H and O–H groups in total. The van der Waals surface area contributed by atoms with Gasteiger partial charge in [0.25, 0.3) is 0 Å². The molecule has 0 radical (unpaired) electrons. The van der Waals surface area contributed by atoms with Gasteiger partial charge in [0.05, 0.1) is 6.61 Å². The summed E-state index contributed by atoms with van der Waals surface area (Å²) in [5.41, 5.74) is -0.991. The van der Waals surface area contributed by atoms with Crippen molar-refractivity contribution in [2.45, 2.75) is 46.2 Å². The van der Waals surface area contributed by atoms with Gasteiger partial charge in [-0.1, -0.05) is 20.8 Å². The summed E-state index contributed by atoms with van der Waals surface area (Å²) in [6, 6.07) is 0.840. The monoisotopic (exact) mass is 305 g/mol. The van der Waals surface area contributed by atoms with Gasteiger partial charge in [0.15, 0.2) is 5.69 Å². The molecule has 0 amide bonds. The molecule has 0 aromatic carbocycles. The maximum absolute atomic E-state index is 12.8. The highest BCUT2D eigenvalue weighted by Crippen LogP contribution is 2.30. The SMILES string of the molecule is CCCNc1nc(OCCCC(C)C)cc(C(F)(F)F)n1. The van der Waals surface area contributed by atoms with E-state index in [1.807, 2.05) is 6.92 Å². The van der Waals surface area contributed by atoms with Crippen molar-refractivity contribution in [1.29, 1.82) is 0 Å². The first-order chi connectivity index (χ1) is 9.82. The van der Waals surface area contributed by atoms with Crippen molar-refractivity contribution in [3.05, 3.63) is 11.8 Å². The number of alkyl halides is 3. The maximum atomic E-state index is 12.8. The lowest BCUT2D eigenvalue weighted by atomic mass is 10.1. The summed E-state index contributed by atoms with van der Waals surface area (Å²) in [6.45, 7) is 6.93.